The summed E-state index contributed by atoms with van der Waals surface area (Å²) in [4.78, 5) is 8.54. The van der Waals surface area contributed by atoms with Gasteiger partial charge in [0.15, 0.2) is 0 Å². The van der Waals surface area contributed by atoms with E-state index in [1.165, 1.54) is 0 Å². The second-order valence-corrected chi connectivity index (χ2v) is 2.59. The topological polar surface area (TPSA) is 25.8 Å². The van der Waals surface area contributed by atoms with E-state index in [4.69, 9.17) is 0 Å². The van der Waals surface area contributed by atoms with Crippen molar-refractivity contribution in [2.45, 2.75) is 6.42 Å². The van der Waals surface area contributed by atoms with E-state index in [9.17, 15) is 0 Å². The summed E-state index contributed by atoms with van der Waals surface area (Å²) in [5.74, 6) is 0. The SMILES string of the molecule is [CH2]Cc1ccc2ncccc2n1. The molecular formula is C10H9N2. The molecule has 12 heavy (non-hydrogen) atoms. The van der Waals surface area contributed by atoms with Gasteiger partial charge in [0.05, 0.1) is 11.0 Å². The van der Waals surface area contributed by atoms with E-state index in [0.717, 1.165) is 23.1 Å². The molecule has 2 nitrogen and oxygen atoms in total. The lowest BCUT2D eigenvalue weighted by Gasteiger charge is -1.97. The standard InChI is InChI=1S/C10H9N2/c1-2-8-5-6-9-10(12-8)4-3-7-11-9/h3-7H,1-2H2. The highest BCUT2D eigenvalue weighted by molar-refractivity contribution is 5.73. The minimum absolute atomic E-state index is 0.727. The molecule has 0 aliphatic heterocycles. The number of fused-ring (bicyclic) bond motifs is 1. The molecule has 2 aromatic rings. The van der Waals surface area contributed by atoms with Gasteiger partial charge in [-0.3, -0.25) is 9.97 Å². The van der Waals surface area contributed by atoms with Gasteiger partial charge in [-0.25, -0.2) is 0 Å². The molecule has 0 aliphatic carbocycles. The molecule has 0 bridgehead atoms. The number of rotatable bonds is 1. The van der Waals surface area contributed by atoms with Crippen molar-refractivity contribution in [3.05, 3.63) is 43.1 Å². The quantitative estimate of drug-likeness (QED) is 0.632. The van der Waals surface area contributed by atoms with Crippen LogP contribution in [-0.2, 0) is 6.42 Å². The third-order valence-corrected chi connectivity index (χ3v) is 1.77. The second-order valence-electron chi connectivity index (χ2n) is 2.59. The molecule has 0 saturated heterocycles. The summed E-state index contributed by atoms with van der Waals surface area (Å²) >= 11 is 0. The largest absolute Gasteiger partial charge is 0.255 e. The van der Waals surface area contributed by atoms with Crippen LogP contribution in [0.4, 0.5) is 0 Å². The highest BCUT2D eigenvalue weighted by Crippen LogP contribution is 2.08. The van der Waals surface area contributed by atoms with E-state index in [0.29, 0.717) is 0 Å². The predicted molar refractivity (Wildman–Crippen MR) is 48.6 cm³/mol. The summed E-state index contributed by atoms with van der Waals surface area (Å²) in [7, 11) is 0. The van der Waals surface area contributed by atoms with Gasteiger partial charge < -0.3 is 0 Å². The van der Waals surface area contributed by atoms with E-state index in [1.54, 1.807) is 6.20 Å². The molecule has 0 atom stereocenters. The van der Waals surface area contributed by atoms with E-state index >= 15 is 0 Å². The van der Waals surface area contributed by atoms with Crippen molar-refractivity contribution < 1.29 is 0 Å². The van der Waals surface area contributed by atoms with Crippen molar-refractivity contribution in [1.29, 1.82) is 0 Å². The Balaban J connectivity index is 2.67. The highest BCUT2D eigenvalue weighted by Gasteiger charge is 1.95. The molecule has 2 heteroatoms. The Kier molecular flexibility index (Phi) is 1.74. The lowest BCUT2D eigenvalue weighted by Crippen LogP contribution is -1.88. The molecule has 0 fully saturated rings. The lowest BCUT2D eigenvalue weighted by atomic mass is 10.2. The molecule has 1 radical (unpaired) electrons. The van der Waals surface area contributed by atoms with Crippen molar-refractivity contribution in [3.8, 4) is 0 Å². The van der Waals surface area contributed by atoms with E-state index < -0.39 is 0 Å². The van der Waals surface area contributed by atoms with Crippen LogP contribution in [0.2, 0.25) is 0 Å². The van der Waals surface area contributed by atoms with Gasteiger partial charge in [0, 0.05) is 11.9 Å². The smallest absolute Gasteiger partial charge is 0.0889 e. The molecule has 0 aliphatic rings. The van der Waals surface area contributed by atoms with Crippen LogP contribution in [0.3, 0.4) is 0 Å². The minimum atomic E-state index is 0.727. The zero-order chi connectivity index (χ0) is 8.39. The fourth-order valence-electron chi connectivity index (χ4n) is 1.14. The van der Waals surface area contributed by atoms with Gasteiger partial charge in [0.25, 0.3) is 0 Å². The maximum Gasteiger partial charge on any atom is 0.0889 e. The van der Waals surface area contributed by atoms with Crippen LogP contribution in [-0.4, -0.2) is 9.97 Å². The lowest BCUT2D eigenvalue weighted by molar-refractivity contribution is 1.14. The van der Waals surface area contributed by atoms with Gasteiger partial charge in [-0.1, -0.05) is 0 Å². The Morgan fingerprint density at radius 1 is 1.17 bits per heavy atom. The first-order valence-corrected chi connectivity index (χ1v) is 3.90. The first-order valence-electron chi connectivity index (χ1n) is 3.90. The molecule has 0 aromatic carbocycles. The number of hydrogen-bond acceptors (Lipinski definition) is 2. The first kappa shape index (κ1) is 7.22. The van der Waals surface area contributed by atoms with E-state index in [-0.39, 0.29) is 0 Å². The summed E-state index contributed by atoms with van der Waals surface area (Å²) in [5, 5.41) is 0. The van der Waals surface area contributed by atoms with Crippen LogP contribution in [0.5, 0.6) is 0 Å². The maximum absolute atomic E-state index is 4.37. The number of pyridine rings is 2. The molecule has 2 rings (SSSR count). The number of nitrogens with zero attached hydrogens (tertiary/aromatic N) is 2. The zero-order valence-corrected chi connectivity index (χ0v) is 6.70. The molecular weight excluding hydrogens is 148 g/mol. The Hall–Kier alpha value is -1.44. The van der Waals surface area contributed by atoms with Crippen LogP contribution in [0.1, 0.15) is 5.69 Å². The molecule has 0 spiro atoms. The average molecular weight is 157 g/mol. The van der Waals surface area contributed by atoms with Gasteiger partial charge in [-0.15, -0.1) is 0 Å². The van der Waals surface area contributed by atoms with Gasteiger partial charge in [0.1, 0.15) is 0 Å². The molecule has 0 N–H and O–H groups in total. The summed E-state index contributed by atoms with van der Waals surface area (Å²) < 4.78 is 0. The minimum Gasteiger partial charge on any atom is -0.255 e. The molecule has 2 heterocycles. The fraction of sp³-hybridized carbons (Fsp3) is 0.100. The third kappa shape index (κ3) is 1.16. The summed E-state index contributed by atoms with van der Waals surface area (Å²) in [6.45, 7) is 3.78. The van der Waals surface area contributed by atoms with Crippen LogP contribution in [0.25, 0.3) is 11.0 Å². The van der Waals surface area contributed by atoms with Crippen molar-refractivity contribution in [1.82, 2.24) is 9.97 Å². The van der Waals surface area contributed by atoms with Crippen LogP contribution >= 0.6 is 0 Å². The fourth-order valence-corrected chi connectivity index (χ4v) is 1.14. The first-order chi connectivity index (χ1) is 5.90. The van der Waals surface area contributed by atoms with Gasteiger partial charge in [0.2, 0.25) is 0 Å². The molecule has 0 unspecified atom stereocenters. The Bertz CT molecular complexity index is 396. The monoisotopic (exact) mass is 157 g/mol. The van der Waals surface area contributed by atoms with E-state index in [1.807, 2.05) is 24.3 Å². The third-order valence-electron chi connectivity index (χ3n) is 1.77. The molecule has 59 valence electrons. The van der Waals surface area contributed by atoms with Gasteiger partial charge >= 0.3 is 0 Å². The van der Waals surface area contributed by atoms with E-state index in [2.05, 4.69) is 16.9 Å². The Labute approximate surface area is 71.3 Å². The van der Waals surface area contributed by atoms with Crippen LogP contribution in [0.15, 0.2) is 30.5 Å². The van der Waals surface area contributed by atoms with Crippen LogP contribution in [0, 0.1) is 6.92 Å². The summed E-state index contributed by atoms with van der Waals surface area (Å²) in [6.07, 6.45) is 2.50. The number of aromatic nitrogens is 2. The Morgan fingerprint density at radius 2 is 2.08 bits per heavy atom. The maximum atomic E-state index is 4.37. The van der Waals surface area contributed by atoms with Gasteiger partial charge in [-0.2, -0.15) is 0 Å². The van der Waals surface area contributed by atoms with Crippen molar-refractivity contribution in [2.75, 3.05) is 0 Å². The summed E-state index contributed by atoms with van der Waals surface area (Å²) in [5.41, 5.74) is 2.89. The summed E-state index contributed by atoms with van der Waals surface area (Å²) in [6, 6.07) is 7.79. The van der Waals surface area contributed by atoms with Crippen molar-refractivity contribution in [3.63, 3.8) is 0 Å². The number of hydrogen-bond donors (Lipinski definition) is 0. The normalized spacial score (nSPS) is 10.4. The van der Waals surface area contributed by atoms with Gasteiger partial charge in [-0.05, 0) is 37.6 Å². The second kappa shape index (κ2) is 2.89. The molecule has 0 saturated carbocycles. The predicted octanol–water partition coefficient (Wildman–Crippen LogP) is 2.01. The molecule has 2 aromatic heterocycles. The van der Waals surface area contributed by atoms with Crippen molar-refractivity contribution >= 4 is 11.0 Å². The van der Waals surface area contributed by atoms with Crippen LogP contribution < -0.4 is 0 Å². The highest BCUT2D eigenvalue weighted by atomic mass is 14.7. The van der Waals surface area contributed by atoms with Crippen molar-refractivity contribution in [2.24, 2.45) is 0 Å². The zero-order valence-electron chi connectivity index (χ0n) is 6.70. The molecule has 0 amide bonds. The Morgan fingerprint density at radius 3 is 2.92 bits per heavy atom. The average Bonchev–Trinajstić information content (AvgIpc) is 2.17.